The van der Waals surface area contributed by atoms with E-state index < -0.39 is 17.0 Å². The Kier molecular flexibility index (Phi) is 7.51. The second-order valence-electron chi connectivity index (χ2n) is 6.59. The van der Waals surface area contributed by atoms with Crippen molar-refractivity contribution in [2.75, 3.05) is 23.8 Å². The first-order valence-electron chi connectivity index (χ1n) is 9.45. The lowest BCUT2D eigenvalue weighted by atomic mass is 10.1. The zero-order valence-electron chi connectivity index (χ0n) is 16.8. The largest absolute Gasteiger partial charge is 0.573 e. The molecule has 0 aliphatic heterocycles. The number of aliphatic hydroxyl groups excluding tert-OH is 1. The maximum atomic E-state index is 12.6. The van der Waals surface area contributed by atoms with Crippen molar-refractivity contribution in [3.05, 3.63) is 63.7 Å². The fraction of sp³-hybridized carbons (Fsp3) is 0.200. The van der Waals surface area contributed by atoms with E-state index in [4.69, 9.17) is 16.7 Å². The van der Waals surface area contributed by atoms with Gasteiger partial charge in [0.25, 0.3) is 5.69 Å². The predicted molar refractivity (Wildman–Crippen MR) is 116 cm³/mol. The van der Waals surface area contributed by atoms with E-state index in [1.165, 1.54) is 36.4 Å². The van der Waals surface area contributed by atoms with Crippen LogP contribution >= 0.6 is 11.6 Å². The number of aliphatic hydroxyl groups is 1. The van der Waals surface area contributed by atoms with Gasteiger partial charge in [-0.3, -0.25) is 10.1 Å². The Balaban J connectivity index is 2.01. The molecule has 0 aliphatic carbocycles. The number of hydrogen-bond donors (Lipinski definition) is 3. The summed E-state index contributed by atoms with van der Waals surface area (Å²) in [6, 6.07) is 10.5. The van der Waals surface area contributed by atoms with Crippen LogP contribution in [-0.2, 0) is 0 Å². The highest BCUT2D eigenvalue weighted by molar-refractivity contribution is 6.31. The zero-order chi connectivity index (χ0) is 24.0. The van der Waals surface area contributed by atoms with Gasteiger partial charge in [0.15, 0.2) is 0 Å². The van der Waals surface area contributed by atoms with Gasteiger partial charge in [-0.05, 0) is 30.7 Å². The number of anilines is 3. The summed E-state index contributed by atoms with van der Waals surface area (Å²) in [4.78, 5) is 19.3. The van der Waals surface area contributed by atoms with Crippen molar-refractivity contribution in [2.24, 2.45) is 0 Å². The van der Waals surface area contributed by atoms with Gasteiger partial charge in [-0.2, -0.15) is 4.98 Å². The molecule has 0 saturated carbocycles. The molecular formula is C20H17ClF3N5O4. The molecule has 0 radical (unpaired) electrons. The Bertz CT molecular complexity index is 1150. The first-order valence-corrected chi connectivity index (χ1v) is 9.83. The summed E-state index contributed by atoms with van der Waals surface area (Å²) in [6.07, 6.45) is -4.47. The van der Waals surface area contributed by atoms with Gasteiger partial charge in [0.05, 0.1) is 10.6 Å². The highest BCUT2D eigenvalue weighted by Gasteiger charge is 2.31. The Labute approximate surface area is 190 Å². The van der Waals surface area contributed by atoms with Crippen LogP contribution in [0.15, 0.2) is 48.5 Å². The van der Waals surface area contributed by atoms with Crippen LogP contribution in [0.1, 0.15) is 6.42 Å². The number of nitro benzene ring substituents is 1. The maximum Gasteiger partial charge on any atom is 0.573 e. The van der Waals surface area contributed by atoms with Crippen molar-refractivity contribution in [1.29, 1.82) is 0 Å². The van der Waals surface area contributed by atoms with Gasteiger partial charge in [-0.1, -0.05) is 23.7 Å². The van der Waals surface area contributed by atoms with Crippen LogP contribution in [-0.4, -0.2) is 39.5 Å². The molecule has 0 atom stereocenters. The minimum absolute atomic E-state index is 0.0626. The number of aromatic nitrogens is 2. The lowest BCUT2D eigenvalue weighted by Crippen LogP contribution is -2.17. The molecular weight excluding hydrogens is 467 g/mol. The SMILES string of the molecule is O=[N+]([O-])c1ccc(Cl)cc1Nc1cc(-c2cccc(OC(F)(F)F)c2)nc(NCCCO)n1. The average Bonchev–Trinajstić information content (AvgIpc) is 2.72. The molecule has 0 saturated heterocycles. The van der Waals surface area contributed by atoms with E-state index in [0.29, 0.717) is 13.0 Å². The van der Waals surface area contributed by atoms with Crippen molar-refractivity contribution >= 4 is 34.7 Å². The third-order valence-corrected chi connectivity index (χ3v) is 4.36. The van der Waals surface area contributed by atoms with Crippen molar-refractivity contribution in [3.63, 3.8) is 0 Å². The molecule has 0 amide bonds. The number of nitro groups is 1. The third kappa shape index (κ3) is 6.92. The summed E-state index contributed by atoms with van der Waals surface area (Å²) in [5, 5.41) is 26.3. The summed E-state index contributed by atoms with van der Waals surface area (Å²) in [7, 11) is 0. The van der Waals surface area contributed by atoms with Crippen molar-refractivity contribution in [1.82, 2.24) is 9.97 Å². The van der Waals surface area contributed by atoms with Gasteiger partial charge in [0, 0.05) is 35.9 Å². The highest BCUT2D eigenvalue weighted by atomic mass is 35.5. The minimum atomic E-state index is -4.86. The molecule has 1 aromatic heterocycles. The van der Waals surface area contributed by atoms with E-state index in [-0.39, 0.29) is 46.0 Å². The molecule has 33 heavy (non-hydrogen) atoms. The van der Waals surface area contributed by atoms with Crippen LogP contribution < -0.4 is 15.4 Å². The van der Waals surface area contributed by atoms with Gasteiger partial charge in [0.1, 0.15) is 17.3 Å². The van der Waals surface area contributed by atoms with Gasteiger partial charge < -0.3 is 20.5 Å². The lowest BCUT2D eigenvalue weighted by Gasteiger charge is -2.13. The minimum Gasteiger partial charge on any atom is -0.406 e. The third-order valence-electron chi connectivity index (χ3n) is 4.13. The van der Waals surface area contributed by atoms with Crippen LogP contribution in [0.25, 0.3) is 11.3 Å². The van der Waals surface area contributed by atoms with Crippen molar-refractivity contribution in [3.8, 4) is 17.0 Å². The lowest BCUT2D eigenvalue weighted by molar-refractivity contribution is -0.383. The molecule has 3 rings (SSSR count). The standard InChI is InChI=1S/C20H17ClF3N5O4/c21-13-5-6-17(29(31)32)16(10-13)26-18-11-15(27-19(28-18)25-7-2-8-30)12-3-1-4-14(9-12)33-20(22,23)24/h1,3-6,9-11,30H,2,7-8H2,(H2,25,26,27,28). The Hall–Kier alpha value is -3.64. The van der Waals surface area contributed by atoms with E-state index in [9.17, 15) is 23.3 Å². The van der Waals surface area contributed by atoms with Crippen LogP contribution in [0.5, 0.6) is 5.75 Å². The van der Waals surface area contributed by atoms with E-state index in [1.54, 1.807) is 0 Å². The second kappa shape index (κ2) is 10.3. The van der Waals surface area contributed by atoms with E-state index in [2.05, 4.69) is 25.3 Å². The molecule has 2 aromatic carbocycles. The normalized spacial score (nSPS) is 11.2. The number of rotatable bonds is 9. The molecule has 1 heterocycles. The molecule has 0 unspecified atom stereocenters. The van der Waals surface area contributed by atoms with Crippen LogP contribution in [0.2, 0.25) is 5.02 Å². The molecule has 174 valence electrons. The van der Waals surface area contributed by atoms with Gasteiger partial charge in [-0.25, -0.2) is 4.98 Å². The molecule has 13 heteroatoms. The molecule has 0 fully saturated rings. The number of ether oxygens (including phenoxy) is 1. The first kappa shape index (κ1) is 24.0. The Morgan fingerprint density at radius 1 is 1.15 bits per heavy atom. The van der Waals surface area contributed by atoms with Crippen molar-refractivity contribution < 1.29 is 27.9 Å². The smallest absolute Gasteiger partial charge is 0.406 e. The molecule has 0 bridgehead atoms. The second-order valence-corrected chi connectivity index (χ2v) is 7.02. The van der Waals surface area contributed by atoms with Crippen LogP contribution in [0.4, 0.5) is 36.3 Å². The summed E-state index contributed by atoms with van der Waals surface area (Å²) >= 11 is 5.96. The number of nitrogens with zero attached hydrogens (tertiary/aromatic N) is 3. The molecule has 0 aliphatic rings. The zero-order valence-corrected chi connectivity index (χ0v) is 17.5. The summed E-state index contributed by atoms with van der Waals surface area (Å²) in [5.41, 5.74) is 0.312. The predicted octanol–water partition coefficient (Wildman–Crippen LogP) is 5.14. The summed E-state index contributed by atoms with van der Waals surface area (Å²) in [6.45, 7) is 0.233. The number of alkyl halides is 3. The van der Waals surface area contributed by atoms with Crippen LogP contribution in [0.3, 0.4) is 0 Å². The molecule has 0 spiro atoms. The Morgan fingerprint density at radius 3 is 2.64 bits per heavy atom. The highest BCUT2D eigenvalue weighted by Crippen LogP contribution is 2.32. The quantitative estimate of drug-likeness (QED) is 0.217. The van der Waals surface area contributed by atoms with Crippen molar-refractivity contribution in [2.45, 2.75) is 12.8 Å². The number of nitrogens with one attached hydrogen (secondary N) is 2. The van der Waals surface area contributed by atoms with E-state index >= 15 is 0 Å². The Morgan fingerprint density at radius 2 is 1.94 bits per heavy atom. The molecule has 3 N–H and O–H groups in total. The maximum absolute atomic E-state index is 12.6. The first-order chi connectivity index (χ1) is 15.6. The summed E-state index contributed by atoms with van der Waals surface area (Å²) < 4.78 is 41.8. The summed E-state index contributed by atoms with van der Waals surface area (Å²) in [5.74, 6) is -0.220. The van der Waals surface area contributed by atoms with Gasteiger partial charge in [0.2, 0.25) is 5.95 Å². The average molecular weight is 484 g/mol. The number of hydrogen-bond acceptors (Lipinski definition) is 8. The number of benzene rings is 2. The van der Waals surface area contributed by atoms with Gasteiger partial charge >= 0.3 is 6.36 Å². The monoisotopic (exact) mass is 483 g/mol. The van der Waals surface area contributed by atoms with Gasteiger partial charge in [-0.15, -0.1) is 13.2 Å². The fourth-order valence-electron chi connectivity index (χ4n) is 2.78. The molecule has 3 aromatic rings. The topological polar surface area (TPSA) is 122 Å². The number of halogens is 4. The fourth-order valence-corrected chi connectivity index (χ4v) is 2.95. The van der Waals surface area contributed by atoms with E-state index in [1.807, 2.05) is 0 Å². The van der Waals surface area contributed by atoms with E-state index in [0.717, 1.165) is 12.1 Å². The molecule has 9 nitrogen and oxygen atoms in total. The van der Waals surface area contributed by atoms with Crippen LogP contribution in [0, 0.1) is 10.1 Å².